The van der Waals surface area contributed by atoms with E-state index in [-0.39, 0.29) is 5.69 Å². The van der Waals surface area contributed by atoms with Crippen molar-refractivity contribution < 1.29 is 4.92 Å². The Labute approximate surface area is 137 Å². The first kappa shape index (κ1) is 14.3. The molecule has 0 aliphatic carbocycles. The number of anilines is 1. The number of hydrogen-bond donors (Lipinski definition) is 1. The Bertz CT molecular complexity index is 935. The number of nitrogens with one attached hydrogen (secondary N) is 1. The van der Waals surface area contributed by atoms with Crippen LogP contribution in [0.2, 0.25) is 0 Å². The van der Waals surface area contributed by atoms with Gasteiger partial charge in [-0.2, -0.15) is 5.10 Å². The van der Waals surface area contributed by atoms with E-state index in [0.29, 0.717) is 11.4 Å². The summed E-state index contributed by atoms with van der Waals surface area (Å²) in [7, 11) is 0. The molecule has 0 bridgehead atoms. The minimum atomic E-state index is -0.399. The summed E-state index contributed by atoms with van der Waals surface area (Å²) >= 11 is 0. The van der Waals surface area contributed by atoms with Crippen LogP contribution in [0.25, 0.3) is 17.1 Å². The highest BCUT2D eigenvalue weighted by molar-refractivity contribution is 5.71. The Hall–Kier alpha value is -3.29. The first-order valence-electron chi connectivity index (χ1n) is 7.52. The summed E-state index contributed by atoms with van der Waals surface area (Å²) in [5, 5.41) is 19.1. The summed E-state index contributed by atoms with van der Waals surface area (Å²) in [4.78, 5) is 19.1. The van der Waals surface area contributed by atoms with E-state index in [1.165, 1.54) is 6.07 Å². The molecule has 0 unspecified atom stereocenters. The molecule has 4 rings (SSSR count). The lowest BCUT2D eigenvalue weighted by Crippen LogP contribution is -2.06. The number of nitro benzene ring substituents is 1. The lowest BCUT2D eigenvalue weighted by atomic mass is 10.1. The van der Waals surface area contributed by atoms with Crippen molar-refractivity contribution in [2.24, 2.45) is 0 Å². The number of fused-ring (bicyclic) bond motifs is 1. The van der Waals surface area contributed by atoms with Crippen molar-refractivity contribution in [2.75, 3.05) is 11.9 Å². The molecule has 2 aromatic heterocycles. The molecule has 0 amide bonds. The van der Waals surface area contributed by atoms with Gasteiger partial charge in [0.15, 0.2) is 0 Å². The van der Waals surface area contributed by atoms with Gasteiger partial charge in [0.25, 0.3) is 5.69 Å². The van der Waals surface area contributed by atoms with Crippen LogP contribution in [0.5, 0.6) is 0 Å². The van der Waals surface area contributed by atoms with Crippen LogP contribution in [0.1, 0.15) is 11.1 Å². The second-order valence-electron chi connectivity index (χ2n) is 5.58. The minimum absolute atomic E-state index is 0.0406. The molecule has 24 heavy (non-hydrogen) atoms. The average Bonchev–Trinajstić information content (AvgIpc) is 3.18. The van der Waals surface area contributed by atoms with Crippen molar-refractivity contribution in [1.82, 2.24) is 19.7 Å². The van der Waals surface area contributed by atoms with Gasteiger partial charge >= 0.3 is 0 Å². The standard InChI is InChI=1S/C16H14N6O2/c1-10-2-3-11(22(23)24)8-14(10)21-16-12(4-5-19-16)15(20-21)13-9-17-6-7-18-13/h2-3,6-9,19H,4-5H2,1H3. The summed E-state index contributed by atoms with van der Waals surface area (Å²) in [6.45, 7) is 2.71. The normalized spacial score (nSPS) is 12.7. The number of benzene rings is 1. The third-order valence-corrected chi connectivity index (χ3v) is 4.09. The molecule has 0 spiro atoms. The molecule has 1 aliphatic heterocycles. The van der Waals surface area contributed by atoms with Gasteiger partial charge < -0.3 is 5.32 Å². The van der Waals surface area contributed by atoms with E-state index in [1.807, 2.05) is 6.92 Å². The number of nitrogens with zero attached hydrogens (tertiary/aromatic N) is 5. The summed E-state index contributed by atoms with van der Waals surface area (Å²) in [5.74, 6) is 0.860. The molecule has 120 valence electrons. The Balaban J connectivity index is 1.92. The van der Waals surface area contributed by atoms with Crippen LogP contribution in [0.4, 0.5) is 11.5 Å². The quantitative estimate of drug-likeness (QED) is 0.587. The highest BCUT2D eigenvalue weighted by atomic mass is 16.6. The van der Waals surface area contributed by atoms with Gasteiger partial charge in [-0.05, 0) is 18.9 Å². The van der Waals surface area contributed by atoms with Crippen molar-refractivity contribution in [3.05, 3.63) is 58.0 Å². The smallest absolute Gasteiger partial charge is 0.271 e. The van der Waals surface area contributed by atoms with Crippen molar-refractivity contribution in [1.29, 1.82) is 0 Å². The van der Waals surface area contributed by atoms with Gasteiger partial charge in [-0.25, -0.2) is 4.68 Å². The molecule has 3 aromatic rings. The fraction of sp³-hybridized carbons (Fsp3) is 0.188. The van der Waals surface area contributed by atoms with Crippen LogP contribution in [-0.4, -0.2) is 31.2 Å². The molecule has 0 radical (unpaired) electrons. The Kier molecular flexibility index (Phi) is 3.23. The Morgan fingerprint density at radius 1 is 1.33 bits per heavy atom. The third-order valence-electron chi connectivity index (χ3n) is 4.09. The lowest BCUT2D eigenvalue weighted by Gasteiger charge is -2.09. The summed E-state index contributed by atoms with van der Waals surface area (Å²) in [5.41, 5.74) is 4.14. The molecule has 1 aliphatic rings. The van der Waals surface area contributed by atoms with Crippen molar-refractivity contribution in [2.45, 2.75) is 13.3 Å². The number of aryl methyl sites for hydroxylation is 1. The SMILES string of the molecule is Cc1ccc([N+](=O)[O-])cc1-n1nc(-c2cnccn2)c2c1NCC2. The largest absolute Gasteiger partial charge is 0.369 e. The maximum absolute atomic E-state index is 11.1. The third kappa shape index (κ3) is 2.19. The molecule has 0 fully saturated rings. The van der Waals surface area contributed by atoms with Gasteiger partial charge in [-0.15, -0.1) is 0 Å². The lowest BCUT2D eigenvalue weighted by molar-refractivity contribution is -0.384. The van der Waals surface area contributed by atoms with Gasteiger partial charge in [0.1, 0.15) is 17.2 Å². The zero-order valence-electron chi connectivity index (χ0n) is 12.9. The maximum Gasteiger partial charge on any atom is 0.271 e. The molecule has 3 heterocycles. The van der Waals surface area contributed by atoms with Crippen molar-refractivity contribution in [3.8, 4) is 17.1 Å². The molecule has 8 heteroatoms. The predicted molar refractivity (Wildman–Crippen MR) is 88.2 cm³/mol. The fourth-order valence-corrected chi connectivity index (χ4v) is 2.92. The van der Waals surface area contributed by atoms with Crippen LogP contribution in [0.15, 0.2) is 36.8 Å². The highest BCUT2D eigenvalue weighted by Gasteiger charge is 2.26. The fourth-order valence-electron chi connectivity index (χ4n) is 2.92. The second kappa shape index (κ2) is 5.41. The summed E-state index contributed by atoms with van der Waals surface area (Å²) < 4.78 is 1.73. The second-order valence-corrected chi connectivity index (χ2v) is 5.58. The van der Waals surface area contributed by atoms with Gasteiger partial charge in [0.05, 0.1) is 16.8 Å². The molecule has 8 nitrogen and oxygen atoms in total. The molecule has 0 saturated carbocycles. The van der Waals surface area contributed by atoms with E-state index in [0.717, 1.165) is 35.6 Å². The number of hydrogen-bond acceptors (Lipinski definition) is 6. The maximum atomic E-state index is 11.1. The molecule has 1 N–H and O–H groups in total. The number of nitro groups is 1. The monoisotopic (exact) mass is 322 g/mol. The highest BCUT2D eigenvalue weighted by Crippen LogP contribution is 2.34. The van der Waals surface area contributed by atoms with Crippen LogP contribution >= 0.6 is 0 Å². The number of aromatic nitrogens is 4. The van der Waals surface area contributed by atoms with E-state index in [1.54, 1.807) is 35.4 Å². The summed E-state index contributed by atoms with van der Waals surface area (Å²) in [6.07, 6.45) is 5.74. The Morgan fingerprint density at radius 3 is 2.96 bits per heavy atom. The number of non-ortho nitro benzene ring substituents is 1. The van der Waals surface area contributed by atoms with Crippen LogP contribution < -0.4 is 5.32 Å². The van der Waals surface area contributed by atoms with Gasteiger partial charge in [0.2, 0.25) is 0 Å². The zero-order chi connectivity index (χ0) is 16.7. The van der Waals surface area contributed by atoms with Crippen LogP contribution in [0, 0.1) is 17.0 Å². The predicted octanol–water partition coefficient (Wildman–Crippen LogP) is 2.51. The van der Waals surface area contributed by atoms with E-state index >= 15 is 0 Å². The van der Waals surface area contributed by atoms with Crippen molar-refractivity contribution >= 4 is 11.5 Å². The van der Waals surface area contributed by atoms with Gasteiger partial charge in [-0.1, -0.05) is 6.07 Å². The van der Waals surface area contributed by atoms with Crippen LogP contribution in [0.3, 0.4) is 0 Å². The summed E-state index contributed by atoms with van der Waals surface area (Å²) in [6, 6.07) is 4.78. The Morgan fingerprint density at radius 2 is 2.21 bits per heavy atom. The van der Waals surface area contributed by atoms with E-state index in [9.17, 15) is 10.1 Å². The average molecular weight is 322 g/mol. The van der Waals surface area contributed by atoms with Crippen LogP contribution in [-0.2, 0) is 6.42 Å². The molecule has 0 saturated heterocycles. The minimum Gasteiger partial charge on any atom is -0.369 e. The molecule has 1 aromatic carbocycles. The van der Waals surface area contributed by atoms with Crippen molar-refractivity contribution in [3.63, 3.8) is 0 Å². The topological polar surface area (TPSA) is 98.8 Å². The van der Waals surface area contributed by atoms with E-state index in [4.69, 9.17) is 0 Å². The van der Waals surface area contributed by atoms with E-state index in [2.05, 4.69) is 20.4 Å². The van der Waals surface area contributed by atoms with Gasteiger partial charge in [-0.3, -0.25) is 20.1 Å². The zero-order valence-corrected chi connectivity index (χ0v) is 12.9. The van der Waals surface area contributed by atoms with Gasteiger partial charge in [0, 0.05) is 36.6 Å². The molecular formula is C16H14N6O2. The first-order valence-corrected chi connectivity index (χ1v) is 7.52. The first-order chi connectivity index (χ1) is 11.6. The number of rotatable bonds is 3. The molecular weight excluding hydrogens is 308 g/mol. The van der Waals surface area contributed by atoms with E-state index < -0.39 is 4.92 Å². The molecule has 0 atom stereocenters.